The van der Waals surface area contributed by atoms with Crippen LogP contribution in [0.3, 0.4) is 0 Å². The van der Waals surface area contributed by atoms with Crippen molar-refractivity contribution >= 4 is 17.9 Å². The van der Waals surface area contributed by atoms with E-state index in [-0.39, 0.29) is 5.70 Å². The highest BCUT2D eigenvalue weighted by Gasteiger charge is 2.21. The molecule has 18 heavy (non-hydrogen) atoms. The van der Waals surface area contributed by atoms with E-state index in [4.69, 9.17) is 9.47 Å². The first kappa shape index (κ1) is 12.3. The SMILES string of the molecule is CCC1=N/C(=C/c2cc(F)ccc2OC)C(=O)O1. The molecule has 0 bridgehead atoms. The number of carbonyl (C=O) groups is 1. The highest BCUT2D eigenvalue weighted by atomic mass is 19.1. The third-order valence-corrected chi connectivity index (χ3v) is 2.45. The zero-order valence-electron chi connectivity index (χ0n) is 10.1. The van der Waals surface area contributed by atoms with Crippen LogP contribution in [0.15, 0.2) is 28.9 Å². The van der Waals surface area contributed by atoms with E-state index >= 15 is 0 Å². The molecule has 0 unspecified atom stereocenters. The van der Waals surface area contributed by atoms with Crippen molar-refractivity contribution in [3.63, 3.8) is 0 Å². The lowest BCUT2D eigenvalue weighted by Crippen LogP contribution is -2.02. The van der Waals surface area contributed by atoms with Crippen molar-refractivity contribution < 1.29 is 18.7 Å². The van der Waals surface area contributed by atoms with Gasteiger partial charge in [-0.25, -0.2) is 14.2 Å². The molecule has 1 aliphatic heterocycles. The number of methoxy groups -OCH3 is 1. The van der Waals surface area contributed by atoms with E-state index in [0.717, 1.165) is 0 Å². The van der Waals surface area contributed by atoms with Crippen molar-refractivity contribution in [2.75, 3.05) is 7.11 Å². The lowest BCUT2D eigenvalue weighted by molar-refractivity contribution is -0.130. The standard InChI is InChI=1S/C13H12FNO3/c1-3-12-15-10(13(16)18-12)7-8-6-9(14)4-5-11(8)17-2/h4-7H,3H2,1-2H3/b10-7+. The second-order valence-corrected chi connectivity index (χ2v) is 3.66. The lowest BCUT2D eigenvalue weighted by atomic mass is 10.1. The summed E-state index contributed by atoms with van der Waals surface area (Å²) in [7, 11) is 1.48. The molecule has 1 aromatic carbocycles. The smallest absolute Gasteiger partial charge is 0.363 e. The van der Waals surface area contributed by atoms with Crippen molar-refractivity contribution in [2.45, 2.75) is 13.3 Å². The summed E-state index contributed by atoms with van der Waals surface area (Å²) >= 11 is 0. The number of rotatable bonds is 3. The second-order valence-electron chi connectivity index (χ2n) is 3.66. The minimum Gasteiger partial charge on any atom is -0.496 e. The highest BCUT2D eigenvalue weighted by molar-refractivity contribution is 6.07. The summed E-state index contributed by atoms with van der Waals surface area (Å²) in [5, 5.41) is 0. The number of ether oxygens (including phenoxy) is 2. The molecular formula is C13H12FNO3. The Kier molecular flexibility index (Phi) is 3.41. The van der Waals surface area contributed by atoms with E-state index in [1.165, 1.54) is 31.4 Å². The molecular weight excluding hydrogens is 237 g/mol. The molecule has 5 heteroatoms. The summed E-state index contributed by atoms with van der Waals surface area (Å²) in [6, 6.07) is 4.06. The van der Waals surface area contributed by atoms with Crippen LogP contribution in [0.25, 0.3) is 6.08 Å². The van der Waals surface area contributed by atoms with Crippen molar-refractivity contribution in [2.24, 2.45) is 4.99 Å². The third kappa shape index (κ3) is 2.40. The summed E-state index contributed by atoms with van der Waals surface area (Å²) in [5.74, 6) is -0.106. The molecule has 4 nitrogen and oxygen atoms in total. The molecule has 0 saturated carbocycles. The Labute approximate surface area is 104 Å². The second kappa shape index (κ2) is 5.00. The van der Waals surface area contributed by atoms with Gasteiger partial charge >= 0.3 is 5.97 Å². The van der Waals surface area contributed by atoms with Gasteiger partial charge < -0.3 is 9.47 Å². The molecule has 0 spiro atoms. The van der Waals surface area contributed by atoms with Gasteiger partial charge in [0.2, 0.25) is 0 Å². The van der Waals surface area contributed by atoms with E-state index in [2.05, 4.69) is 4.99 Å². The van der Waals surface area contributed by atoms with Gasteiger partial charge in [0.15, 0.2) is 11.6 Å². The summed E-state index contributed by atoms with van der Waals surface area (Å²) in [4.78, 5) is 15.5. The number of benzene rings is 1. The highest BCUT2D eigenvalue weighted by Crippen LogP contribution is 2.24. The van der Waals surface area contributed by atoms with Gasteiger partial charge in [0, 0.05) is 12.0 Å². The summed E-state index contributed by atoms with van der Waals surface area (Å²) in [5.41, 5.74) is 0.598. The maximum absolute atomic E-state index is 13.2. The van der Waals surface area contributed by atoms with Gasteiger partial charge in [0.1, 0.15) is 11.6 Å². The largest absolute Gasteiger partial charge is 0.496 e. The number of cyclic esters (lactones) is 1. The van der Waals surface area contributed by atoms with Crippen molar-refractivity contribution in [1.29, 1.82) is 0 Å². The Morgan fingerprint density at radius 3 is 2.89 bits per heavy atom. The summed E-state index contributed by atoms with van der Waals surface area (Å²) in [6.07, 6.45) is 1.98. The average molecular weight is 249 g/mol. The number of hydrogen-bond acceptors (Lipinski definition) is 4. The average Bonchev–Trinajstić information content (AvgIpc) is 2.71. The van der Waals surface area contributed by atoms with E-state index < -0.39 is 11.8 Å². The number of nitrogens with zero attached hydrogens (tertiary/aromatic N) is 1. The number of halogens is 1. The van der Waals surface area contributed by atoms with E-state index in [1.54, 1.807) is 0 Å². The minimum atomic E-state index is -0.529. The van der Waals surface area contributed by atoms with Crippen molar-refractivity contribution in [3.05, 3.63) is 35.3 Å². The van der Waals surface area contributed by atoms with Gasteiger partial charge in [-0.2, -0.15) is 0 Å². The predicted molar refractivity (Wildman–Crippen MR) is 64.7 cm³/mol. The molecule has 0 aliphatic carbocycles. The van der Waals surface area contributed by atoms with Gasteiger partial charge in [-0.1, -0.05) is 6.92 Å². The normalized spacial score (nSPS) is 16.7. The fraction of sp³-hybridized carbons (Fsp3) is 0.231. The molecule has 0 N–H and O–H groups in total. The monoisotopic (exact) mass is 249 g/mol. The topological polar surface area (TPSA) is 47.9 Å². The van der Waals surface area contributed by atoms with Gasteiger partial charge in [-0.05, 0) is 24.3 Å². The predicted octanol–water partition coefficient (Wildman–Crippen LogP) is 2.54. The lowest BCUT2D eigenvalue weighted by Gasteiger charge is -2.04. The zero-order valence-corrected chi connectivity index (χ0v) is 10.1. The van der Waals surface area contributed by atoms with Gasteiger partial charge in [-0.3, -0.25) is 0 Å². The Morgan fingerprint density at radius 2 is 2.28 bits per heavy atom. The van der Waals surface area contributed by atoms with E-state index in [9.17, 15) is 9.18 Å². The van der Waals surface area contributed by atoms with E-state index in [1.807, 2.05) is 6.92 Å². The van der Waals surface area contributed by atoms with Gasteiger partial charge in [0.25, 0.3) is 0 Å². The summed E-state index contributed by atoms with van der Waals surface area (Å²) < 4.78 is 23.2. The number of esters is 1. The van der Waals surface area contributed by atoms with Crippen molar-refractivity contribution in [3.8, 4) is 5.75 Å². The summed E-state index contributed by atoms with van der Waals surface area (Å²) in [6.45, 7) is 1.83. The molecule has 0 atom stereocenters. The molecule has 1 aliphatic rings. The Morgan fingerprint density at radius 1 is 1.50 bits per heavy atom. The molecule has 1 heterocycles. The van der Waals surface area contributed by atoms with Crippen LogP contribution in [0.5, 0.6) is 5.75 Å². The maximum Gasteiger partial charge on any atom is 0.363 e. The number of carbonyl (C=O) groups excluding carboxylic acids is 1. The van der Waals surface area contributed by atoms with Crippen LogP contribution in [0.4, 0.5) is 4.39 Å². The first-order valence-corrected chi connectivity index (χ1v) is 5.49. The minimum absolute atomic E-state index is 0.149. The Balaban J connectivity index is 2.41. The van der Waals surface area contributed by atoms with Crippen LogP contribution in [0.2, 0.25) is 0 Å². The molecule has 94 valence electrons. The van der Waals surface area contributed by atoms with Crippen LogP contribution < -0.4 is 4.74 Å². The van der Waals surface area contributed by atoms with E-state index in [0.29, 0.717) is 23.6 Å². The molecule has 1 aromatic rings. The van der Waals surface area contributed by atoms with Gasteiger partial charge in [0.05, 0.1) is 7.11 Å². The molecule has 0 saturated heterocycles. The maximum atomic E-state index is 13.2. The number of hydrogen-bond donors (Lipinski definition) is 0. The Hall–Kier alpha value is -2.17. The first-order valence-electron chi connectivity index (χ1n) is 5.49. The van der Waals surface area contributed by atoms with Crippen LogP contribution in [-0.2, 0) is 9.53 Å². The number of aliphatic imine (C=N–C) groups is 1. The van der Waals surface area contributed by atoms with Crippen LogP contribution in [-0.4, -0.2) is 19.0 Å². The molecule has 0 amide bonds. The van der Waals surface area contributed by atoms with Crippen molar-refractivity contribution in [1.82, 2.24) is 0 Å². The quantitative estimate of drug-likeness (QED) is 0.611. The van der Waals surface area contributed by atoms with Gasteiger partial charge in [-0.15, -0.1) is 0 Å². The molecule has 2 rings (SSSR count). The molecule has 0 aromatic heterocycles. The molecule has 0 radical (unpaired) electrons. The zero-order chi connectivity index (χ0) is 13.1. The van der Waals surface area contributed by atoms with Crippen LogP contribution >= 0.6 is 0 Å². The molecule has 0 fully saturated rings. The van der Waals surface area contributed by atoms with Crippen LogP contribution in [0.1, 0.15) is 18.9 Å². The Bertz CT molecular complexity index is 549. The fourth-order valence-electron chi connectivity index (χ4n) is 1.57. The third-order valence-electron chi connectivity index (χ3n) is 2.45. The van der Waals surface area contributed by atoms with Crippen LogP contribution in [0, 0.1) is 5.82 Å². The first-order chi connectivity index (χ1) is 8.63. The fourth-order valence-corrected chi connectivity index (χ4v) is 1.57.